The second kappa shape index (κ2) is 3.79. The Bertz CT molecular complexity index is 268. The van der Waals surface area contributed by atoms with Crippen LogP contribution in [0.1, 0.15) is 20.3 Å². The lowest BCUT2D eigenvalue weighted by Gasteiger charge is -2.21. The fraction of sp³-hybridized carbons (Fsp3) is 0.667. The molecule has 0 radical (unpaired) electrons. The van der Waals surface area contributed by atoms with Crippen LogP contribution >= 0.6 is 0 Å². The fourth-order valence-corrected chi connectivity index (χ4v) is 0.915. The maximum Gasteiger partial charge on any atom is 0.148 e. The highest BCUT2D eigenvalue weighted by atomic mass is 16.3. The average Bonchev–Trinajstić information content (AvgIpc) is 2.48. The molecule has 1 aromatic rings. The highest BCUT2D eigenvalue weighted by molar-refractivity contribution is 5.32. The number of anilines is 1. The van der Waals surface area contributed by atoms with Gasteiger partial charge in [-0.05, 0) is 13.3 Å². The van der Waals surface area contributed by atoms with Crippen LogP contribution in [0.25, 0.3) is 0 Å². The molecule has 0 fully saturated rings. The Morgan fingerprint density at radius 1 is 1.69 bits per heavy atom. The number of aliphatic hydroxyl groups is 1. The molecule has 0 aliphatic carbocycles. The lowest BCUT2D eigenvalue weighted by Crippen LogP contribution is -2.32. The van der Waals surface area contributed by atoms with Gasteiger partial charge >= 0.3 is 0 Å². The van der Waals surface area contributed by atoms with E-state index in [2.05, 4.69) is 10.4 Å². The molecule has 0 saturated carbocycles. The quantitative estimate of drug-likeness (QED) is 0.732. The van der Waals surface area contributed by atoms with Crippen molar-refractivity contribution >= 4 is 5.82 Å². The van der Waals surface area contributed by atoms with Crippen molar-refractivity contribution in [2.24, 2.45) is 7.05 Å². The van der Waals surface area contributed by atoms with Gasteiger partial charge in [0.2, 0.25) is 0 Å². The van der Waals surface area contributed by atoms with Crippen molar-refractivity contribution in [3.05, 3.63) is 12.3 Å². The van der Waals surface area contributed by atoms with Gasteiger partial charge in [-0.25, -0.2) is 0 Å². The van der Waals surface area contributed by atoms with Gasteiger partial charge in [0.25, 0.3) is 0 Å². The van der Waals surface area contributed by atoms with Gasteiger partial charge < -0.3 is 10.4 Å². The van der Waals surface area contributed by atoms with E-state index < -0.39 is 5.60 Å². The Morgan fingerprint density at radius 3 is 2.85 bits per heavy atom. The zero-order valence-electron chi connectivity index (χ0n) is 8.41. The minimum absolute atomic E-state index is 0.528. The topological polar surface area (TPSA) is 50.1 Å². The summed E-state index contributed by atoms with van der Waals surface area (Å²) in [6.07, 6.45) is 2.59. The van der Waals surface area contributed by atoms with E-state index in [1.165, 1.54) is 0 Å². The van der Waals surface area contributed by atoms with E-state index in [-0.39, 0.29) is 0 Å². The first-order chi connectivity index (χ1) is 6.03. The van der Waals surface area contributed by atoms with E-state index in [1.54, 1.807) is 4.68 Å². The molecule has 1 unspecified atom stereocenters. The third-order valence-electron chi connectivity index (χ3n) is 2.13. The Morgan fingerprint density at radius 2 is 2.38 bits per heavy atom. The summed E-state index contributed by atoms with van der Waals surface area (Å²) in [4.78, 5) is 0. The molecule has 1 heterocycles. The molecule has 0 saturated heterocycles. The van der Waals surface area contributed by atoms with Crippen molar-refractivity contribution in [3.8, 4) is 0 Å². The van der Waals surface area contributed by atoms with Crippen molar-refractivity contribution in [1.29, 1.82) is 0 Å². The molecular weight excluding hydrogens is 166 g/mol. The Balaban J connectivity index is 2.43. The summed E-state index contributed by atoms with van der Waals surface area (Å²) >= 11 is 0. The van der Waals surface area contributed by atoms with Crippen molar-refractivity contribution < 1.29 is 5.11 Å². The molecule has 13 heavy (non-hydrogen) atoms. The van der Waals surface area contributed by atoms with Crippen LogP contribution in [0, 0.1) is 0 Å². The van der Waals surface area contributed by atoms with Crippen LogP contribution in [0.2, 0.25) is 0 Å². The first kappa shape index (κ1) is 10.1. The Kier molecular flexibility index (Phi) is 2.93. The van der Waals surface area contributed by atoms with Gasteiger partial charge in [0, 0.05) is 25.9 Å². The molecular formula is C9H17N3O. The van der Waals surface area contributed by atoms with Crippen LogP contribution in [0.5, 0.6) is 0 Å². The first-order valence-corrected chi connectivity index (χ1v) is 4.49. The molecule has 74 valence electrons. The second-order valence-corrected chi connectivity index (χ2v) is 3.58. The standard InChI is InChI=1S/C9H17N3O/c1-4-9(2,13)7-10-8-5-6-12(3)11-8/h5-6,13H,4,7H2,1-3H3,(H,10,11). The Hall–Kier alpha value is -1.03. The first-order valence-electron chi connectivity index (χ1n) is 4.49. The van der Waals surface area contributed by atoms with Crippen LogP contribution in [0.4, 0.5) is 5.82 Å². The molecule has 2 N–H and O–H groups in total. The van der Waals surface area contributed by atoms with Crippen LogP contribution in [-0.4, -0.2) is 27.0 Å². The molecule has 0 aromatic carbocycles. The summed E-state index contributed by atoms with van der Waals surface area (Å²) in [5.41, 5.74) is -0.655. The second-order valence-electron chi connectivity index (χ2n) is 3.58. The minimum atomic E-state index is -0.655. The highest BCUT2D eigenvalue weighted by Gasteiger charge is 2.16. The maximum atomic E-state index is 9.69. The van der Waals surface area contributed by atoms with Gasteiger partial charge in [-0.1, -0.05) is 6.92 Å². The summed E-state index contributed by atoms with van der Waals surface area (Å²) in [6, 6.07) is 1.88. The molecule has 1 rings (SSSR count). The summed E-state index contributed by atoms with van der Waals surface area (Å²) < 4.78 is 1.73. The van der Waals surface area contributed by atoms with Crippen molar-refractivity contribution in [1.82, 2.24) is 9.78 Å². The van der Waals surface area contributed by atoms with E-state index in [0.29, 0.717) is 6.54 Å². The molecule has 0 amide bonds. The van der Waals surface area contributed by atoms with Crippen LogP contribution < -0.4 is 5.32 Å². The predicted octanol–water partition coefficient (Wildman–Crippen LogP) is 0.993. The highest BCUT2D eigenvalue weighted by Crippen LogP contribution is 2.09. The van der Waals surface area contributed by atoms with Crippen LogP contribution in [0.15, 0.2) is 12.3 Å². The van der Waals surface area contributed by atoms with Crippen LogP contribution in [-0.2, 0) is 7.05 Å². The maximum absolute atomic E-state index is 9.69. The number of nitrogens with zero attached hydrogens (tertiary/aromatic N) is 2. The number of hydrogen-bond acceptors (Lipinski definition) is 3. The minimum Gasteiger partial charge on any atom is -0.388 e. The largest absolute Gasteiger partial charge is 0.388 e. The van der Waals surface area contributed by atoms with E-state index in [4.69, 9.17) is 0 Å². The molecule has 1 atom stereocenters. The van der Waals surface area contributed by atoms with E-state index >= 15 is 0 Å². The van der Waals surface area contributed by atoms with Gasteiger partial charge in [-0.2, -0.15) is 5.10 Å². The summed E-state index contributed by atoms with van der Waals surface area (Å²) in [5, 5.41) is 16.9. The molecule has 0 bridgehead atoms. The van der Waals surface area contributed by atoms with E-state index in [0.717, 1.165) is 12.2 Å². The number of hydrogen-bond donors (Lipinski definition) is 2. The molecule has 0 aliphatic heterocycles. The number of nitrogens with one attached hydrogen (secondary N) is 1. The van der Waals surface area contributed by atoms with Gasteiger partial charge in [0.1, 0.15) is 5.82 Å². The smallest absolute Gasteiger partial charge is 0.148 e. The van der Waals surface area contributed by atoms with E-state index in [1.807, 2.05) is 33.2 Å². The molecule has 0 spiro atoms. The monoisotopic (exact) mass is 183 g/mol. The SMILES string of the molecule is CCC(C)(O)CNc1ccn(C)n1. The van der Waals surface area contributed by atoms with Gasteiger partial charge in [-0.3, -0.25) is 4.68 Å². The molecule has 0 aliphatic rings. The zero-order chi connectivity index (χ0) is 9.90. The normalized spacial score (nSPS) is 15.4. The summed E-state index contributed by atoms with van der Waals surface area (Å²) in [7, 11) is 1.86. The Labute approximate surface area is 78.6 Å². The van der Waals surface area contributed by atoms with Crippen molar-refractivity contribution in [2.75, 3.05) is 11.9 Å². The lowest BCUT2D eigenvalue weighted by atomic mass is 10.0. The van der Waals surface area contributed by atoms with Crippen molar-refractivity contribution in [2.45, 2.75) is 25.9 Å². The predicted molar refractivity (Wildman–Crippen MR) is 52.6 cm³/mol. The number of aryl methyl sites for hydroxylation is 1. The number of rotatable bonds is 4. The number of aromatic nitrogens is 2. The third-order valence-corrected chi connectivity index (χ3v) is 2.13. The molecule has 4 nitrogen and oxygen atoms in total. The van der Waals surface area contributed by atoms with Crippen molar-refractivity contribution in [3.63, 3.8) is 0 Å². The average molecular weight is 183 g/mol. The molecule has 1 aromatic heterocycles. The lowest BCUT2D eigenvalue weighted by molar-refractivity contribution is 0.0696. The zero-order valence-corrected chi connectivity index (χ0v) is 8.41. The third kappa shape index (κ3) is 3.06. The van der Waals surface area contributed by atoms with Crippen LogP contribution in [0.3, 0.4) is 0 Å². The van der Waals surface area contributed by atoms with Gasteiger partial charge in [0.15, 0.2) is 0 Å². The van der Waals surface area contributed by atoms with Gasteiger partial charge in [0.05, 0.1) is 5.60 Å². The molecule has 4 heteroatoms. The van der Waals surface area contributed by atoms with Gasteiger partial charge in [-0.15, -0.1) is 0 Å². The fourth-order valence-electron chi connectivity index (χ4n) is 0.915. The summed E-state index contributed by atoms with van der Waals surface area (Å²) in [5.74, 6) is 0.802. The van der Waals surface area contributed by atoms with E-state index in [9.17, 15) is 5.11 Å². The summed E-state index contributed by atoms with van der Waals surface area (Å²) in [6.45, 7) is 4.30.